The van der Waals surface area contributed by atoms with Crippen molar-refractivity contribution in [3.05, 3.63) is 52.3 Å². The Bertz CT molecular complexity index is 698. The van der Waals surface area contributed by atoms with Crippen LogP contribution in [0.15, 0.2) is 41.7 Å². The van der Waals surface area contributed by atoms with Crippen LogP contribution in [-0.2, 0) is 14.3 Å². The number of ether oxygens (including phenoxy) is 1. The van der Waals surface area contributed by atoms with E-state index in [1.807, 2.05) is 20.8 Å². The van der Waals surface area contributed by atoms with Crippen molar-refractivity contribution in [2.24, 2.45) is 0 Å². The SMILES string of the molecule is COC(=O)/C=C1\C(=O)NC(NC(C)(C)C)=C1c1ccc(Cl)cc1. The van der Waals surface area contributed by atoms with E-state index in [4.69, 9.17) is 11.6 Å². The minimum absolute atomic E-state index is 0.255. The third-order valence-electron chi connectivity index (χ3n) is 3.10. The molecule has 1 aliphatic heterocycles. The number of nitrogens with one attached hydrogen (secondary N) is 2. The average molecular weight is 335 g/mol. The van der Waals surface area contributed by atoms with E-state index >= 15 is 0 Å². The van der Waals surface area contributed by atoms with Gasteiger partial charge in [-0.2, -0.15) is 0 Å². The molecule has 6 heteroatoms. The molecule has 2 rings (SSSR count). The van der Waals surface area contributed by atoms with E-state index in [1.165, 1.54) is 13.2 Å². The number of hydrogen-bond donors (Lipinski definition) is 2. The molecule has 1 heterocycles. The van der Waals surface area contributed by atoms with Crippen molar-refractivity contribution in [2.75, 3.05) is 7.11 Å². The average Bonchev–Trinajstić information content (AvgIpc) is 2.73. The molecule has 1 aromatic carbocycles. The quantitative estimate of drug-likeness (QED) is 0.658. The molecule has 1 aliphatic rings. The standard InChI is InChI=1S/C17H19ClN2O3/c1-17(2,3)20-15-14(10-5-7-11(18)8-6-10)12(16(22)19-15)9-13(21)23-4/h5-9,20H,1-4H3,(H,19,22)/b12-9-. The molecule has 0 saturated carbocycles. The molecular formula is C17H19ClN2O3. The first-order chi connectivity index (χ1) is 10.7. The summed E-state index contributed by atoms with van der Waals surface area (Å²) < 4.78 is 4.64. The summed E-state index contributed by atoms with van der Waals surface area (Å²) in [5.74, 6) is -0.384. The molecule has 0 radical (unpaired) electrons. The number of methoxy groups -OCH3 is 1. The van der Waals surface area contributed by atoms with E-state index in [9.17, 15) is 9.59 Å². The Labute approximate surface area is 140 Å². The Morgan fingerprint density at radius 1 is 1.26 bits per heavy atom. The lowest BCUT2D eigenvalue weighted by Crippen LogP contribution is -2.39. The Balaban J connectivity index is 2.58. The van der Waals surface area contributed by atoms with Gasteiger partial charge in [-0.15, -0.1) is 0 Å². The highest BCUT2D eigenvalue weighted by Gasteiger charge is 2.31. The van der Waals surface area contributed by atoms with Crippen LogP contribution < -0.4 is 10.6 Å². The summed E-state index contributed by atoms with van der Waals surface area (Å²) in [6, 6.07) is 7.06. The summed E-state index contributed by atoms with van der Waals surface area (Å²) in [5, 5.41) is 6.62. The van der Waals surface area contributed by atoms with Crippen LogP contribution in [0.5, 0.6) is 0 Å². The lowest BCUT2D eigenvalue weighted by atomic mass is 9.98. The number of esters is 1. The van der Waals surface area contributed by atoms with Gasteiger partial charge >= 0.3 is 5.97 Å². The maximum Gasteiger partial charge on any atom is 0.331 e. The largest absolute Gasteiger partial charge is 0.466 e. The molecular weight excluding hydrogens is 316 g/mol. The first kappa shape index (κ1) is 17.1. The molecule has 2 N–H and O–H groups in total. The molecule has 0 aromatic heterocycles. The van der Waals surface area contributed by atoms with Crippen LogP contribution in [0, 0.1) is 0 Å². The predicted molar refractivity (Wildman–Crippen MR) is 89.5 cm³/mol. The summed E-state index contributed by atoms with van der Waals surface area (Å²) in [6.07, 6.45) is 1.19. The van der Waals surface area contributed by atoms with Crippen molar-refractivity contribution in [3.8, 4) is 0 Å². The third kappa shape index (κ3) is 4.13. The number of amides is 1. The van der Waals surface area contributed by atoms with Crippen LogP contribution in [-0.4, -0.2) is 24.5 Å². The van der Waals surface area contributed by atoms with Gasteiger partial charge in [0, 0.05) is 22.2 Å². The lowest BCUT2D eigenvalue weighted by Gasteiger charge is -2.23. The minimum Gasteiger partial charge on any atom is -0.466 e. The third-order valence-corrected chi connectivity index (χ3v) is 3.35. The van der Waals surface area contributed by atoms with Crippen LogP contribution >= 0.6 is 11.6 Å². The van der Waals surface area contributed by atoms with Gasteiger partial charge in [-0.05, 0) is 38.5 Å². The molecule has 0 atom stereocenters. The molecule has 122 valence electrons. The van der Waals surface area contributed by atoms with Crippen molar-refractivity contribution in [1.82, 2.24) is 10.6 Å². The molecule has 0 unspecified atom stereocenters. The van der Waals surface area contributed by atoms with Gasteiger partial charge in [0.25, 0.3) is 5.91 Å². The molecule has 0 fully saturated rings. The zero-order valence-electron chi connectivity index (χ0n) is 13.5. The van der Waals surface area contributed by atoms with Crippen molar-refractivity contribution in [3.63, 3.8) is 0 Å². The fourth-order valence-corrected chi connectivity index (χ4v) is 2.32. The van der Waals surface area contributed by atoms with E-state index in [2.05, 4.69) is 15.4 Å². The lowest BCUT2D eigenvalue weighted by molar-refractivity contribution is -0.135. The van der Waals surface area contributed by atoms with Crippen LogP contribution in [0.2, 0.25) is 5.02 Å². The minimum atomic E-state index is -0.585. The number of carbonyl (C=O) groups excluding carboxylic acids is 2. The summed E-state index contributed by atoms with van der Waals surface area (Å²) in [5.41, 5.74) is 1.38. The molecule has 0 aliphatic carbocycles. The van der Waals surface area contributed by atoms with E-state index in [-0.39, 0.29) is 17.0 Å². The zero-order valence-corrected chi connectivity index (χ0v) is 14.2. The van der Waals surface area contributed by atoms with Gasteiger partial charge in [-0.3, -0.25) is 4.79 Å². The van der Waals surface area contributed by atoms with Gasteiger partial charge in [0.15, 0.2) is 0 Å². The second-order valence-electron chi connectivity index (χ2n) is 6.17. The Morgan fingerprint density at radius 3 is 2.39 bits per heavy atom. The number of rotatable bonds is 3. The van der Waals surface area contributed by atoms with Gasteiger partial charge in [-0.25, -0.2) is 4.79 Å². The van der Waals surface area contributed by atoms with E-state index in [0.717, 1.165) is 5.56 Å². The van der Waals surface area contributed by atoms with Gasteiger partial charge in [-0.1, -0.05) is 23.7 Å². The molecule has 5 nitrogen and oxygen atoms in total. The summed E-state index contributed by atoms with van der Waals surface area (Å²) in [6.45, 7) is 5.94. The fourth-order valence-electron chi connectivity index (χ4n) is 2.19. The fraction of sp³-hybridized carbons (Fsp3) is 0.294. The van der Waals surface area contributed by atoms with Crippen LogP contribution in [0.1, 0.15) is 26.3 Å². The van der Waals surface area contributed by atoms with Gasteiger partial charge in [0.1, 0.15) is 5.82 Å². The van der Waals surface area contributed by atoms with Crippen LogP contribution in [0.4, 0.5) is 0 Å². The number of hydrogen-bond acceptors (Lipinski definition) is 4. The number of carbonyl (C=O) groups is 2. The maximum absolute atomic E-state index is 12.3. The molecule has 0 bridgehead atoms. The summed E-state index contributed by atoms with van der Waals surface area (Å²) in [4.78, 5) is 23.9. The van der Waals surface area contributed by atoms with Crippen molar-refractivity contribution >= 4 is 29.1 Å². The van der Waals surface area contributed by atoms with E-state index in [0.29, 0.717) is 16.4 Å². The topological polar surface area (TPSA) is 67.4 Å². The van der Waals surface area contributed by atoms with Gasteiger partial charge in [0.2, 0.25) is 0 Å². The molecule has 0 spiro atoms. The van der Waals surface area contributed by atoms with Crippen molar-refractivity contribution < 1.29 is 14.3 Å². The summed E-state index contributed by atoms with van der Waals surface area (Å²) in [7, 11) is 1.27. The van der Waals surface area contributed by atoms with E-state index < -0.39 is 5.97 Å². The monoisotopic (exact) mass is 334 g/mol. The highest BCUT2D eigenvalue weighted by Crippen LogP contribution is 2.31. The van der Waals surface area contributed by atoms with Crippen molar-refractivity contribution in [2.45, 2.75) is 26.3 Å². The van der Waals surface area contributed by atoms with Gasteiger partial charge < -0.3 is 15.4 Å². The highest BCUT2D eigenvalue weighted by atomic mass is 35.5. The second-order valence-corrected chi connectivity index (χ2v) is 6.60. The Kier molecular flexibility index (Phi) is 4.80. The van der Waals surface area contributed by atoms with E-state index in [1.54, 1.807) is 24.3 Å². The molecule has 1 aromatic rings. The maximum atomic E-state index is 12.3. The van der Waals surface area contributed by atoms with Crippen LogP contribution in [0.3, 0.4) is 0 Å². The highest BCUT2D eigenvalue weighted by molar-refractivity contribution is 6.30. The smallest absolute Gasteiger partial charge is 0.331 e. The molecule has 1 amide bonds. The zero-order chi connectivity index (χ0) is 17.2. The second kappa shape index (κ2) is 6.46. The Hall–Kier alpha value is -2.27. The normalized spacial score (nSPS) is 16.6. The Morgan fingerprint density at radius 2 is 1.87 bits per heavy atom. The first-order valence-corrected chi connectivity index (χ1v) is 7.49. The number of halogens is 1. The van der Waals surface area contributed by atoms with Crippen LogP contribution in [0.25, 0.3) is 5.57 Å². The van der Waals surface area contributed by atoms with Crippen molar-refractivity contribution in [1.29, 1.82) is 0 Å². The molecule has 23 heavy (non-hydrogen) atoms. The molecule has 0 saturated heterocycles. The van der Waals surface area contributed by atoms with Gasteiger partial charge in [0.05, 0.1) is 12.7 Å². The summed E-state index contributed by atoms with van der Waals surface area (Å²) >= 11 is 5.93. The first-order valence-electron chi connectivity index (χ1n) is 7.11. The predicted octanol–water partition coefficient (Wildman–Crippen LogP) is 2.63. The number of benzene rings is 1.